The summed E-state index contributed by atoms with van der Waals surface area (Å²) in [6.07, 6.45) is 3.37. The van der Waals surface area contributed by atoms with Crippen LogP contribution >= 0.6 is 11.8 Å². The standard InChI is InChI=1S/C14H22N2S/c1-15-10-14-9-12-5-3-4-6-13(12)11-16(14)7-8-17-2/h3-6,14-15H,7-11H2,1-2H3. The maximum Gasteiger partial charge on any atom is 0.0264 e. The summed E-state index contributed by atoms with van der Waals surface area (Å²) >= 11 is 1.93. The summed E-state index contributed by atoms with van der Waals surface area (Å²) < 4.78 is 0. The minimum Gasteiger partial charge on any atom is -0.318 e. The number of rotatable bonds is 5. The van der Waals surface area contributed by atoms with Gasteiger partial charge in [-0.1, -0.05) is 24.3 Å². The van der Waals surface area contributed by atoms with Crippen LogP contribution in [-0.2, 0) is 13.0 Å². The highest BCUT2D eigenvalue weighted by Crippen LogP contribution is 2.23. The van der Waals surface area contributed by atoms with Gasteiger partial charge in [-0.15, -0.1) is 0 Å². The average molecular weight is 250 g/mol. The first-order valence-corrected chi connectivity index (χ1v) is 7.69. The van der Waals surface area contributed by atoms with Crippen molar-refractivity contribution < 1.29 is 0 Å². The lowest BCUT2D eigenvalue weighted by Crippen LogP contribution is -2.46. The highest BCUT2D eigenvalue weighted by molar-refractivity contribution is 7.98. The van der Waals surface area contributed by atoms with Crippen LogP contribution in [0.3, 0.4) is 0 Å². The summed E-state index contributed by atoms with van der Waals surface area (Å²) in [5, 5.41) is 3.33. The Kier molecular flexibility index (Phi) is 4.89. The number of benzene rings is 1. The molecule has 0 fully saturated rings. The molecule has 17 heavy (non-hydrogen) atoms. The molecule has 1 aromatic carbocycles. The molecular formula is C14H22N2S. The Morgan fingerprint density at radius 1 is 1.35 bits per heavy atom. The highest BCUT2D eigenvalue weighted by Gasteiger charge is 2.24. The van der Waals surface area contributed by atoms with Gasteiger partial charge in [0.15, 0.2) is 0 Å². The highest BCUT2D eigenvalue weighted by atomic mass is 32.2. The quantitative estimate of drug-likeness (QED) is 0.860. The topological polar surface area (TPSA) is 15.3 Å². The van der Waals surface area contributed by atoms with Crippen molar-refractivity contribution in [2.45, 2.75) is 19.0 Å². The molecule has 1 aliphatic heterocycles. The van der Waals surface area contributed by atoms with Crippen LogP contribution in [0.1, 0.15) is 11.1 Å². The zero-order chi connectivity index (χ0) is 12.1. The Morgan fingerprint density at radius 2 is 2.12 bits per heavy atom. The van der Waals surface area contributed by atoms with Gasteiger partial charge >= 0.3 is 0 Å². The zero-order valence-electron chi connectivity index (χ0n) is 10.8. The second-order valence-electron chi connectivity index (χ2n) is 4.65. The predicted octanol–water partition coefficient (Wildman–Crippen LogP) is 2.00. The van der Waals surface area contributed by atoms with Gasteiger partial charge in [0.1, 0.15) is 0 Å². The van der Waals surface area contributed by atoms with Gasteiger partial charge < -0.3 is 5.32 Å². The van der Waals surface area contributed by atoms with Crippen LogP contribution in [0.2, 0.25) is 0 Å². The van der Waals surface area contributed by atoms with Crippen LogP contribution in [-0.4, -0.2) is 43.1 Å². The number of hydrogen-bond acceptors (Lipinski definition) is 3. The molecule has 0 spiro atoms. The van der Waals surface area contributed by atoms with Gasteiger partial charge in [-0.3, -0.25) is 4.90 Å². The molecule has 1 aromatic rings. The zero-order valence-corrected chi connectivity index (χ0v) is 11.6. The van der Waals surface area contributed by atoms with Crippen LogP contribution in [0, 0.1) is 0 Å². The van der Waals surface area contributed by atoms with Crippen molar-refractivity contribution in [3.63, 3.8) is 0 Å². The van der Waals surface area contributed by atoms with Crippen molar-refractivity contribution in [1.82, 2.24) is 10.2 Å². The van der Waals surface area contributed by atoms with Crippen molar-refractivity contribution in [1.29, 1.82) is 0 Å². The predicted molar refractivity (Wildman–Crippen MR) is 76.7 cm³/mol. The normalized spacial score (nSPS) is 20.2. The van der Waals surface area contributed by atoms with E-state index in [1.807, 2.05) is 18.8 Å². The minimum absolute atomic E-state index is 0.655. The monoisotopic (exact) mass is 250 g/mol. The number of likely N-dealkylation sites (N-methyl/N-ethyl adjacent to an activating group) is 1. The van der Waals surface area contributed by atoms with Crippen LogP contribution in [0.15, 0.2) is 24.3 Å². The molecule has 0 bridgehead atoms. The molecular weight excluding hydrogens is 228 g/mol. The number of fused-ring (bicyclic) bond motifs is 1. The fraction of sp³-hybridized carbons (Fsp3) is 0.571. The Hall–Kier alpha value is -0.510. The molecule has 0 saturated heterocycles. The molecule has 0 aliphatic carbocycles. The van der Waals surface area contributed by atoms with E-state index in [0.717, 1.165) is 13.1 Å². The van der Waals surface area contributed by atoms with Crippen molar-refractivity contribution in [2.75, 3.05) is 32.1 Å². The van der Waals surface area contributed by atoms with Crippen molar-refractivity contribution in [3.05, 3.63) is 35.4 Å². The number of nitrogens with zero attached hydrogens (tertiary/aromatic N) is 1. The first-order chi connectivity index (χ1) is 8.35. The molecule has 0 saturated carbocycles. The minimum atomic E-state index is 0.655. The van der Waals surface area contributed by atoms with Gasteiger partial charge in [-0.05, 0) is 30.9 Å². The summed E-state index contributed by atoms with van der Waals surface area (Å²) in [6, 6.07) is 9.53. The van der Waals surface area contributed by atoms with Crippen LogP contribution in [0.5, 0.6) is 0 Å². The smallest absolute Gasteiger partial charge is 0.0264 e. The van der Waals surface area contributed by atoms with E-state index in [0.29, 0.717) is 6.04 Å². The average Bonchev–Trinajstić information content (AvgIpc) is 2.36. The lowest BCUT2D eigenvalue weighted by Gasteiger charge is -2.36. The Bertz CT molecular complexity index is 354. The maximum absolute atomic E-state index is 3.33. The summed E-state index contributed by atoms with van der Waals surface area (Å²) in [5.74, 6) is 1.22. The molecule has 3 heteroatoms. The molecule has 2 nitrogen and oxygen atoms in total. The van der Waals surface area contributed by atoms with Gasteiger partial charge in [0, 0.05) is 31.4 Å². The first kappa shape index (κ1) is 12.9. The van der Waals surface area contributed by atoms with E-state index in [2.05, 4.69) is 40.7 Å². The summed E-state index contributed by atoms with van der Waals surface area (Å²) in [6.45, 7) is 3.40. The van der Waals surface area contributed by atoms with Crippen LogP contribution in [0.4, 0.5) is 0 Å². The Morgan fingerprint density at radius 3 is 2.82 bits per heavy atom. The Balaban J connectivity index is 2.09. The fourth-order valence-electron chi connectivity index (χ4n) is 2.55. The van der Waals surface area contributed by atoms with Crippen molar-refractivity contribution in [3.8, 4) is 0 Å². The largest absolute Gasteiger partial charge is 0.318 e. The maximum atomic E-state index is 3.33. The summed E-state index contributed by atoms with van der Waals surface area (Å²) in [5.41, 5.74) is 3.05. The molecule has 1 aliphatic rings. The van der Waals surface area contributed by atoms with E-state index in [1.165, 1.54) is 29.8 Å². The summed E-state index contributed by atoms with van der Waals surface area (Å²) in [4.78, 5) is 2.62. The molecule has 0 amide bonds. The molecule has 1 N–H and O–H groups in total. The number of nitrogens with one attached hydrogen (secondary N) is 1. The second-order valence-corrected chi connectivity index (χ2v) is 5.63. The van der Waals surface area contributed by atoms with E-state index in [4.69, 9.17) is 0 Å². The van der Waals surface area contributed by atoms with E-state index in [9.17, 15) is 0 Å². The van der Waals surface area contributed by atoms with E-state index in [1.54, 1.807) is 0 Å². The van der Waals surface area contributed by atoms with Gasteiger partial charge in [0.2, 0.25) is 0 Å². The number of hydrogen-bond donors (Lipinski definition) is 1. The summed E-state index contributed by atoms with van der Waals surface area (Å²) in [7, 11) is 2.05. The third-order valence-corrected chi connectivity index (χ3v) is 4.08. The molecule has 1 atom stereocenters. The molecule has 1 heterocycles. The lowest BCUT2D eigenvalue weighted by atomic mass is 9.94. The number of thioether (sulfide) groups is 1. The fourth-order valence-corrected chi connectivity index (χ4v) is 2.97. The van der Waals surface area contributed by atoms with Gasteiger partial charge in [0.05, 0.1) is 0 Å². The first-order valence-electron chi connectivity index (χ1n) is 6.29. The SMILES string of the molecule is CNCC1Cc2ccccc2CN1CCSC. The lowest BCUT2D eigenvalue weighted by molar-refractivity contribution is 0.181. The van der Waals surface area contributed by atoms with Gasteiger partial charge in [-0.2, -0.15) is 11.8 Å². The van der Waals surface area contributed by atoms with Crippen molar-refractivity contribution in [2.24, 2.45) is 0 Å². The molecule has 1 unspecified atom stereocenters. The second kappa shape index (κ2) is 6.43. The van der Waals surface area contributed by atoms with Crippen molar-refractivity contribution >= 4 is 11.8 Å². The van der Waals surface area contributed by atoms with E-state index < -0.39 is 0 Å². The molecule has 2 rings (SSSR count). The third-order valence-electron chi connectivity index (χ3n) is 3.49. The molecule has 0 radical (unpaired) electrons. The van der Waals surface area contributed by atoms with Crippen LogP contribution in [0.25, 0.3) is 0 Å². The molecule has 0 aromatic heterocycles. The van der Waals surface area contributed by atoms with Gasteiger partial charge in [0.25, 0.3) is 0 Å². The van der Waals surface area contributed by atoms with Crippen LogP contribution < -0.4 is 5.32 Å². The van der Waals surface area contributed by atoms with E-state index in [-0.39, 0.29) is 0 Å². The molecule has 94 valence electrons. The third kappa shape index (κ3) is 3.24. The Labute approximate surface area is 109 Å². The van der Waals surface area contributed by atoms with Gasteiger partial charge in [-0.25, -0.2) is 0 Å². The van der Waals surface area contributed by atoms with E-state index >= 15 is 0 Å².